The summed E-state index contributed by atoms with van der Waals surface area (Å²) < 4.78 is 13.0. The van der Waals surface area contributed by atoms with E-state index in [1.54, 1.807) is 17.0 Å². The Morgan fingerprint density at radius 2 is 1.54 bits per heavy atom. The van der Waals surface area contributed by atoms with Crippen LogP contribution in [0.5, 0.6) is 0 Å². The highest BCUT2D eigenvalue weighted by atomic mass is 19.1. The Labute approximate surface area is 141 Å². The minimum Gasteiger partial charge on any atom is -0.550 e. The van der Waals surface area contributed by atoms with Gasteiger partial charge in [-0.1, -0.05) is 12.8 Å². The first-order valence-corrected chi connectivity index (χ1v) is 8.56. The molecule has 130 valence electrons. The van der Waals surface area contributed by atoms with Crippen LogP contribution in [0.25, 0.3) is 0 Å². The molecule has 1 saturated heterocycles. The third kappa shape index (κ3) is 3.52. The number of benzene rings is 1. The molecule has 1 heterocycles. The van der Waals surface area contributed by atoms with Crippen LogP contribution in [-0.2, 0) is 9.59 Å². The number of halogens is 1. The fraction of sp³-hybridized carbons (Fsp3) is 0.556. The third-order valence-corrected chi connectivity index (χ3v) is 5.17. The molecule has 6 heteroatoms. The Hall–Kier alpha value is -2.11. The zero-order chi connectivity index (χ0) is 17.1. The fourth-order valence-corrected chi connectivity index (χ4v) is 3.78. The van der Waals surface area contributed by atoms with Crippen LogP contribution in [0, 0.1) is 17.7 Å². The summed E-state index contributed by atoms with van der Waals surface area (Å²) in [5, 5.41) is 11.3. The number of carbonyl (C=O) groups is 2. The van der Waals surface area contributed by atoms with Crippen molar-refractivity contribution in [2.45, 2.75) is 25.7 Å². The summed E-state index contributed by atoms with van der Waals surface area (Å²) in [6.45, 7) is 2.46. The number of amides is 1. The van der Waals surface area contributed by atoms with Crippen molar-refractivity contribution in [3.8, 4) is 0 Å². The lowest BCUT2D eigenvalue weighted by Crippen LogP contribution is -2.53. The van der Waals surface area contributed by atoms with Gasteiger partial charge in [-0.05, 0) is 37.1 Å². The van der Waals surface area contributed by atoms with E-state index in [0.717, 1.165) is 18.5 Å². The Bertz CT molecular complexity index is 597. The average molecular weight is 333 g/mol. The molecule has 0 spiro atoms. The summed E-state index contributed by atoms with van der Waals surface area (Å²) in [6.07, 6.45) is 2.92. The molecule has 0 unspecified atom stereocenters. The van der Waals surface area contributed by atoms with Crippen LogP contribution in [0.15, 0.2) is 24.3 Å². The second kappa shape index (κ2) is 7.20. The minimum absolute atomic E-state index is 0.0531. The Morgan fingerprint density at radius 1 is 0.958 bits per heavy atom. The van der Waals surface area contributed by atoms with Gasteiger partial charge in [-0.15, -0.1) is 0 Å². The van der Waals surface area contributed by atoms with E-state index in [0.29, 0.717) is 39.0 Å². The average Bonchev–Trinajstić information content (AvgIpc) is 2.62. The molecule has 2 fully saturated rings. The van der Waals surface area contributed by atoms with Crippen molar-refractivity contribution < 1.29 is 19.1 Å². The highest BCUT2D eigenvalue weighted by Crippen LogP contribution is 2.31. The fourth-order valence-electron chi connectivity index (χ4n) is 3.78. The topological polar surface area (TPSA) is 63.7 Å². The second-order valence-corrected chi connectivity index (χ2v) is 6.61. The quantitative estimate of drug-likeness (QED) is 0.829. The molecular formula is C18H22FN2O3-. The molecule has 24 heavy (non-hydrogen) atoms. The molecular weight excluding hydrogens is 311 g/mol. The van der Waals surface area contributed by atoms with E-state index in [2.05, 4.69) is 4.90 Å². The van der Waals surface area contributed by atoms with E-state index in [4.69, 9.17) is 0 Å². The SMILES string of the molecule is O=C([O-])[C@@H]1CCCC[C@H]1C(=O)N1CCN(c2ccc(F)cc2)CC1. The molecule has 1 aliphatic carbocycles. The highest BCUT2D eigenvalue weighted by Gasteiger charge is 2.35. The first-order chi connectivity index (χ1) is 11.6. The lowest BCUT2D eigenvalue weighted by molar-refractivity contribution is -0.314. The molecule has 0 radical (unpaired) electrons. The first kappa shape index (κ1) is 16.7. The molecule has 1 aliphatic heterocycles. The van der Waals surface area contributed by atoms with Gasteiger partial charge in [-0.2, -0.15) is 0 Å². The summed E-state index contributed by atoms with van der Waals surface area (Å²) in [7, 11) is 0. The number of piperazine rings is 1. The third-order valence-electron chi connectivity index (χ3n) is 5.17. The van der Waals surface area contributed by atoms with Gasteiger partial charge in [0.2, 0.25) is 5.91 Å². The number of nitrogens with zero attached hydrogens (tertiary/aromatic N) is 2. The molecule has 0 bridgehead atoms. The number of carboxylic acids is 1. The Balaban J connectivity index is 1.60. The lowest BCUT2D eigenvalue weighted by atomic mass is 9.78. The molecule has 2 atom stereocenters. The van der Waals surface area contributed by atoms with Gasteiger partial charge in [0.1, 0.15) is 5.82 Å². The van der Waals surface area contributed by atoms with Gasteiger partial charge in [0.15, 0.2) is 0 Å². The zero-order valence-electron chi connectivity index (χ0n) is 13.6. The standard InChI is InChI=1S/C18H23FN2O3/c19-13-5-7-14(8-6-13)20-9-11-21(12-10-20)17(22)15-3-1-2-4-16(15)18(23)24/h5-8,15-16H,1-4,9-12H2,(H,23,24)/p-1/t15-,16-/m1/s1. The number of carbonyl (C=O) groups excluding carboxylic acids is 2. The van der Waals surface area contributed by atoms with Crippen LogP contribution in [0.2, 0.25) is 0 Å². The van der Waals surface area contributed by atoms with Crippen LogP contribution < -0.4 is 10.0 Å². The van der Waals surface area contributed by atoms with Crippen molar-refractivity contribution in [3.63, 3.8) is 0 Å². The van der Waals surface area contributed by atoms with Crippen LogP contribution in [0.1, 0.15) is 25.7 Å². The number of hydrogen-bond donors (Lipinski definition) is 0. The predicted molar refractivity (Wildman–Crippen MR) is 85.6 cm³/mol. The molecule has 2 aliphatic rings. The van der Waals surface area contributed by atoms with Crippen molar-refractivity contribution >= 4 is 17.6 Å². The van der Waals surface area contributed by atoms with Crippen molar-refractivity contribution in [2.75, 3.05) is 31.1 Å². The van der Waals surface area contributed by atoms with Crippen molar-refractivity contribution in [1.29, 1.82) is 0 Å². The summed E-state index contributed by atoms with van der Waals surface area (Å²) in [6, 6.07) is 6.33. The number of carboxylic acid groups (broad SMARTS) is 1. The molecule has 0 aromatic heterocycles. The van der Waals surface area contributed by atoms with Crippen LogP contribution >= 0.6 is 0 Å². The summed E-state index contributed by atoms with van der Waals surface area (Å²) in [5.74, 6) is -2.51. The smallest absolute Gasteiger partial charge is 0.226 e. The maximum Gasteiger partial charge on any atom is 0.226 e. The maximum atomic E-state index is 13.0. The van der Waals surface area contributed by atoms with E-state index in [1.807, 2.05) is 0 Å². The second-order valence-electron chi connectivity index (χ2n) is 6.61. The maximum absolute atomic E-state index is 13.0. The number of hydrogen-bond acceptors (Lipinski definition) is 4. The van der Waals surface area contributed by atoms with E-state index < -0.39 is 17.8 Å². The minimum atomic E-state index is -1.10. The van der Waals surface area contributed by atoms with Crippen LogP contribution in [-0.4, -0.2) is 43.0 Å². The number of rotatable bonds is 3. The molecule has 1 saturated carbocycles. The molecule has 1 amide bonds. The van der Waals surface area contributed by atoms with E-state index in [-0.39, 0.29) is 11.7 Å². The van der Waals surface area contributed by atoms with E-state index in [9.17, 15) is 19.1 Å². The van der Waals surface area contributed by atoms with Gasteiger partial charge < -0.3 is 19.7 Å². The summed E-state index contributed by atoms with van der Waals surface area (Å²) in [4.78, 5) is 27.9. The van der Waals surface area contributed by atoms with Gasteiger partial charge in [0.25, 0.3) is 0 Å². The van der Waals surface area contributed by atoms with Gasteiger partial charge in [-0.3, -0.25) is 4.79 Å². The van der Waals surface area contributed by atoms with Crippen LogP contribution in [0.3, 0.4) is 0 Å². The van der Waals surface area contributed by atoms with Gasteiger partial charge in [-0.25, -0.2) is 4.39 Å². The lowest BCUT2D eigenvalue weighted by Gasteiger charge is -2.40. The predicted octanol–water partition coefficient (Wildman–Crippen LogP) is 1.03. The molecule has 3 rings (SSSR count). The van der Waals surface area contributed by atoms with Crippen molar-refractivity contribution in [3.05, 3.63) is 30.1 Å². The van der Waals surface area contributed by atoms with Gasteiger partial charge in [0.05, 0.1) is 0 Å². The molecule has 0 N–H and O–H groups in total. The van der Waals surface area contributed by atoms with E-state index >= 15 is 0 Å². The van der Waals surface area contributed by atoms with Gasteiger partial charge in [0, 0.05) is 49.7 Å². The van der Waals surface area contributed by atoms with Crippen molar-refractivity contribution in [1.82, 2.24) is 4.90 Å². The number of anilines is 1. The van der Waals surface area contributed by atoms with Crippen LogP contribution in [0.4, 0.5) is 10.1 Å². The summed E-state index contributed by atoms with van der Waals surface area (Å²) in [5.41, 5.74) is 0.939. The summed E-state index contributed by atoms with van der Waals surface area (Å²) >= 11 is 0. The number of aliphatic carboxylic acids is 1. The Kier molecular flexibility index (Phi) is 5.02. The highest BCUT2D eigenvalue weighted by molar-refractivity contribution is 5.84. The monoisotopic (exact) mass is 333 g/mol. The first-order valence-electron chi connectivity index (χ1n) is 8.56. The molecule has 1 aromatic rings. The largest absolute Gasteiger partial charge is 0.550 e. The Morgan fingerprint density at radius 3 is 2.12 bits per heavy atom. The van der Waals surface area contributed by atoms with E-state index in [1.165, 1.54) is 12.1 Å². The normalized spacial score (nSPS) is 24.7. The van der Waals surface area contributed by atoms with Gasteiger partial charge >= 0.3 is 0 Å². The van der Waals surface area contributed by atoms with Crippen molar-refractivity contribution in [2.24, 2.45) is 11.8 Å². The molecule has 5 nitrogen and oxygen atoms in total. The molecule has 1 aromatic carbocycles. The zero-order valence-corrected chi connectivity index (χ0v) is 13.6.